The SMILES string of the molecule is COC(=O)C1CCN(C(=O)c2ccc(C)c(N)c2)CC1. The molecule has 1 amide bonds. The Bertz CT molecular complexity index is 520. The van der Waals surface area contributed by atoms with Gasteiger partial charge in [-0.25, -0.2) is 0 Å². The average molecular weight is 276 g/mol. The first-order valence-electron chi connectivity index (χ1n) is 6.76. The number of hydrogen-bond acceptors (Lipinski definition) is 4. The molecule has 0 bridgehead atoms. The van der Waals surface area contributed by atoms with Gasteiger partial charge < -0.3 is 15.4 Å². The molecule has 1 fully saturated rings. The first kappa shape index (κ1) is 14.4. The molecule has 0 saturated carbocycles. The third-order valence-electron chi connectivity index (χ3n) is 3.84. The molecule has 0 atom stereocenters. The number of rotatable bonds is 2. The molecule has 2 N–H and O–H groups in total. The van der Waals surface area contributed by atoms with E-state index in [0.29, 0.717) is 37.2 Å². The predicted octanol–water partition coefficient (Wildman–Crippen LogP) is 1.60. The Labute approximate surface area is 118 Å². The van der Waals surface area contributed by atoms with Crippen LogP contribution in [-0.2, 0) is 9.53 Å². The van der Waals surface area contributed by atoms with Gasteiger partial charge in [-0.2, -0.15) is 0 Å². The minimum Gasteiger partial charge on any atom is -0.469 e. The van der Waals surface area contributed by atoms with Gasteiger partial charge in [-0.1, -0.05) is 6.07 Å². The Kier molecular flexibility index (Phi) is 4.27. The standard InChI is InChI=1S/C15H20N2O3/c1-10-3-4-12(9-13(10)16)14(18)17-7-5-11(6-8-17)15(19)20-2/h3-4,9,11H,5-8,16H2,1-2H3. The van der Waals surface area contributed by atoms with E-state index in [9.17, 15) is 9.59 Å². The summed E-state index contributed by atoms with van der Waals surface area (Å²) in [5.41, 5.74) is 8.03. The largest absolute Gasteiger partial charge is 0.469 e. The number of esters is 1. The maximum Gasteiger partial charge on any atom is 0.308 e. The Morgan fingerprint density at radius 2 is 1.95 bits per heavy atom. The van der Waals surface area contributed by atoms with Gasteiger partial charge in [0.25, 0.3) is 5.91 Å². The number of nitrogen functional groups attached to an aromatic ring is 1. The quantitative estimate of drug-likeness (QED) is 0.658. The molecule has 1 heterocycles. The Balaban J connectivity index is 2.01. The average Bonchev–Trinajstić information content (AvgIpc) is 2.48. The van der Waals surface area contributed by atoms with E-state index in [2.05, 4.69) is 0 Å². The van der Waals surface area contributed by atoms with E-state index < -0.39 is 0 Å². The summed E-state index contributed by atoms with van der Waals surface area (Å²) in [6.07, 6.45) is 1.31. The van der Waals surface area contributed by atoms with E-state index in [1.807, 2.05) is 13.0 Å². The number of ether oxygens (including phenoxy) is 1. The number of amides is 1. The van der Waals surface area contributed by atoms with Crippen molar-refractivity contribution in [2.75, 3.05) is 25.9 Å². The molecule has 20 heavy (non-hydrogen) atoms. The molecule has 0 unspecified atom stereocenters. The number of carbonyl (C=O) groups is 2. The molecule has 2 rings (SSSR count). The van der Waals surface area contributed by atoms with Crippen molar-refractivity contribution < 1.29 is 14.3 Å². The van der Waals surface area contributed by atoms with Crippen LogP contribution >= 0.6 is 0 Å². The second-order valence-corrected chi connectivity index (χ2v) is 5.16. The molecule has 1 aromatic carbocycles. The van der Waals surface area contributed by atoms with Crippen LogP contribution in [0, 0.1) is 12.8 Å². The van der Waals surface area contributed by atoms with E-state index in [1.54, 1.807) is 17.0 Å². The van der Waals surface area contributed by atoms with Crippen molar-refractivity contribution in [2.24, 2.45) is 5.92 Å². The zero-order valence-electron chi connectivity index (χ0n) is 11.9. The number of methoxy groups -OCH3 is 1. The summed E-state index contributed by atoms with van der Waals surface area (Å²) in [4.78, 5) is 25.6. The van der Waals surface area contributed by atoms with E-state index in [0.717, 1.165) is 5.56 Å². The smallest absolute Gasteiger partial charge is 0.308 e. The third kappa shape index (κ3) is 2.92. The highest BCUT2D eigenvalue weighted by Crippen LogP contribution is 2.21. The van der Waals surface area contributed by atoms with Crippen molar-refractivity contribution in [1.29, 1.82) is 0 Å². The molecular weight excluding hydrogens is 256 g/mol. The number of aryl methyl sites for hydroxylation is 1. The Morgan fingerprint density at radius 3 is 2.50 bits per heavy atom. The minimum atomic E-state index is -0.184. The van der Waals surface area contributed by atoms with Crippen LogP contribution in [0.4, 0.5) is 5.69 Å². The van der Waals surface area contributed by atoms with Crippen LogP contribution < -0.4 is 5.73 Å². The fraction of sp³-hybridized carbons (Fsp3) is 0.467. The van der Waals surface area contributed by atoms with Crippen molar-refractivity contribution in [3.63, 3.8) is 0 Å². The van der Waals surface area contributed by atoms with Gasteiger partial charge in [0.2, 0.25) is 0 Å². The lowest BCUT2D eigenvalue weighted by atomic mass is 9.96. The summed E-state index contributed by atoms with van der Waals surface area (Å²) >= 11 is 0. The number of nitrogens with two attached hydrogens (primary N) is 1. The second kappa shape index (κ2) is 5.94. The molecule has 108 valence electrons. The van der Waals surface area contributed by atoms with Crippen LogP contribution in [0.5, 0.6) is 0 Å². The van der Waals surface area contributed by atoms with E-state index in [-0.39, 0.29) is 17.8 Å². The fourth-order valence-corrected chi connectivity index (χ4v) is 2.44. The molecule has 1 aliphatic heterocycles. The molecule has 1 aromatic rings. The highest BCUT2D eigenvalue weighted by Gasteiger charge is 2.28. The summed E-state index contributed by atoms with van der Waals surface area (Å²) in [5.74, 6) is -0.302. The highest BCUT2D eigenvalue weighted by molar-refractivity contribution is 5.95. The number of hydrogen-bond donors (Lipinski definition) is 1. The molecule has 0 radical (unpaired) electrons. The zero-order chi connectivity index (χ0) is 14.7. The van der Waals surface area contributed by atoms with Gasteiger partial charge in [0.1, 0.15) is 0 Å². The normalized spacial score (nSPS) is 16.0. The molecular formula is C15H20N2O3. The van der Waals surface area contributed by atoms with Gasteiger partial charge in [-0.3, -0.25) is 9.59 Å². The summed E-state index contributed by atoms with van der Waals surface area (Å²) in [5, 5.41) is 0. The second-order valence-electron chi connectivity index (χ2n) is 5.16. The van der Waals surface area contributed by atoms with Crippen molar-refractivity contribution in [1.82, 2.24) is 4.90 Å². The lowest BCUT2D eigenvalue weighted by Crippen LogP contribution is -2.40. The number of nitrogens with zero attached hydrogens (tertiary/aromatic N) is 1. The number of benzene rings is 1. The van der Waals surface area contributed by atoms with Crippen LogP contribution in [-0.4, -0.2) is 37.0 Å². The van der Waals surface area contributed by atoms with Gasteiger partial charge in [0.15, 0.2) is 0 Å². The van der Waals surface area contributed by atoms with Crippen molar-refractivity contribution in [3.05, 3.63) is 29.3 Å². The van der Waals surface area contributed by atoms with Gasteiger partial charge in [-0.05, 0) is 37.5 Å². The lowest BCUT2D eigenvalue weighted by Gasteiger charge is -2.30. The molecule has 0 spiro atoms. The van der Waals surface area contributed by atoms with Gasteiger partial charge >= 0.3 is 5.97 Å². The molecule has 5 nitrogen and oxygen atoms in total. The van der Waals surface area contributed by atoms with Crippen LogP contribution in [0.1, 0.15) is 28.8 Å². The lowest BCUT2D eigenvalue weighted by molar-refractivity contribution is -0.146. The predicted molar refractivity (Wildman–Crippen MR) is 76.2 cm³/mol. The summed E-state index contributed by atoms with van der Waals surface area (Å²) < 4.78 is 4.74. The molecule has 5 heteroatoms. The van der Waals surface area contributed by atoms with Crippen LogP contribution in [0.25, 0.3) is 0 Å². The zero-order valence-corrected chi connectivity index (χ0v) is 11.9. The van der Waals surface area contributed by atoms with Crippen LogP contribution in [0.3, 0.4) is 0 Å². The van der Waals surface area contributed by atoms with Gasteiger partial charge in [0, 0.05) is 24.3 Å². The maximum absolute atomic E-state index is 12.4. The fourth-order valence-electron chi connectivity index (χ4n) is 2.44. The third-order valence-corrected chi connectivity index (χ3v) is 3.84. The summed E-state index contributed by atoms with van der Waals surface area (Å²) in [6, 6.07) is 5.36. The Morgan fingerprint density at radius 1 is 1.30 bits per heavy atom. The molecule has 0 aliphatic carbocycles. The number of anilines is 1. The van der Waals surface area contributed by atoms with E-state index >= 15 is 0 Å². The van der Waals surface area contributed by atoms with Crippen molar-refractivity contribution >= 4 is 17.6 Å². The maximum atomic E-state index is 12.4. The molecule has 1 aliphatic rings. The monoisotopic (exact) mass is 276 g/mol. The topological polar surface area (TPSA) is 72.6 Å². The molecule has 0 aromatic heterocycles. The first-order valence-corrected chi connectivity index (χ1v) is 6.76. The number of carbonyl (C=O) groups excluding carboxylic acids is 2. The minimum absolute atomic E-state index is 0.0278. The van der Waals surface area contributed by atoms with Crippen molar-refractivity contribution in [3.8, 4) is 0 Å². The summed E-state index contributed by atoms with van der Waals surface area (Å²) in [6.45, 7) is 3.06. The van der Waals surface area contributed by atoms with Crippen LogP contribution in [0.2, 0.25) is 0 Å². The van der Waals surface area contributed by atoms with Gasteiger partial charge in [-0.15, -0.1) is 0 Å². The number of piperidine rings is 1. The molecule has 1 saturated heterocycles. The van der Waals surface area contributed by atoms with Gasteiger partial charge in [0.05, 0.1) is 13.0 Å². The first-order chi connectivity index (χ1) is 9.52. The number of likely N-dealkylation sites (tertiary alicyclic amines) is 1. The summed E-state index contributed by atoms with van der Waals surface area (Å²) in [7, 11) is 1.40. The Hall–Kier alpha value is -2.04. The van der Waals surface area contributed by atoms with Crippen LogP contribution in [0.15, 0.2) is 18.2 Å². The van der Waals surface area contributed by atoms with Crippen molar-refractivity contribution in [2.45, 2.75) is 19.8 Å². The van der Waals surface area contributed by atoms with E-state index in [1.165, 1.54) is 7.11 Å². The highest BCUT2D eigenvalue weighted by atomic mass is 16.5. The van der Waals surface area contributed by atoms with E-state index in [4.69, 9.17) is 10.5 Å².